The van der Waals surface area contributed by atoms with Gasteiger partial charge in [0.25, 0.3) is 5.91 Å². The van der Waals surface area contributed by atoms with E-state index in [2.05, 4.69) is 21.2 Å². The Labute approximate surface area is 119 Å². The van der Waals surface area contributed by atoms with Crippen LogP contribution in [-0.2, 0) is 0 Å². The molecule has 104 valence electrons. The van der Waals surface area contributed by atoms with Gasteiger partial charge in [0, 0.05) is 11.3 Å². The van der Waals surface area contributed by atoms with Crippen LogP contribution in [0.2, 0.25) is 0 Å². The number of halogens is 5. The summed E-state index contributed by atoms with van der Waals surface area (Å²) in [5, 5.41) is 2.31. The number of carbonyl (C=O) groups excluding carboxylic acids is 1. The summed E-state index contributed by atoms with van der Waals surface area (Å²) in [5.74, 6) is -5.94. The first-order valence-electron chi connectivity index (χ1n) is 5.29. The van der Waals surface area contributed by atoms with Crippen molar-refractivity contribution in [2.24, 2.45) is 0 Å². The largest absolute Gasteiger partial charge is 0.322 e. The van der Waals surface area contributed by atoms with Gasteiger partial charge in [-0.2, -0.15) is 0 Å². The fourth-order valence-corrected chi connectivity index (χ4v) is 1.84. The summed E-state index contributed by atoms with van der Waals surface area (Å²) in [6, 6.07) is 4.81. The summed E-state index contributed by atoms with van der Waals surface area (Å²) in [6.07, 6.45) is 0. The van der Waals surface area contributed by atoms with Crippen LogP contribution in [0.4, 0.5) is 23.2 Å². The Balaban J connectivity index is 2.26. The third-order valence-electron chi connectivity index (χ3n) is 2.42. The fourth-order valence-electron chi connectivity index (χ4n) is 1.46. The minimum atomic E-state index is -1.65. The molecule has 1 N–H and O–H groups in total. The Bertz CT molecular complexity index is 667. The Morgan fingerprint density at radius 2 is 1.55 bits per heavy atom. The van der Waals surface area contributed by atoms with Gasteiger partial charge >= 0.3 is 0 Å². The number of carbonyl (C=O) groups is 1. The third-order valence-corrected chi connectivity index (χ3v) is 3.03. The van der Waals surface area contributed by atoms with Crippen molar-refractivity contribution in [1.29, 1.82) is 0 Å². The standard InChI is InChI=1S/C13H6BrF4NO/c14-8-5-7(1-2-9(8)15)19-13(20)6-3-10(16)12(18)11(17)4-6/h1-5H,(H,19,20). The highest BCUT2D eigenvalue weighted by molar-refractivity contribution is 9.10. The molecule has 2 aromatic rings. The molecule has 0 aliphatic heterocycles. The number of rotatable bonds is 2. The van der Waals surface area contributed by atoms with Crippen molar-refractivity contribution in [3.05, 3.63) is 63.6 Å². The molecule has 2 aromatic carbocycles. The SMILES string of the molecule is O=C(Nc1ccc(F)c(Br)c1)c1cc(F)c(F)c(F)c1. The molecule has 0 fully saturated rings. The van der Waals surface area contributed by atoms with Crippen LogP contribution in [0.25, 0.3) is 0 Å². The lowest BCUT2D eigenvalue weighted by Crippen LogP contribution is -2.13. The Morgan fingerprint density at radius 3 is 2.10 bits per heavy atom. The zero-order valence-corrected chi connectivity index (χ0v) is 11.3. The van der Waals surface area contributed by atoms with Crippen molar-refractivity contribution >= 4 is 27.5 Å². The lowest BCUT2D eigenvalue weighted by atomic mass is 10.2. The van der Waals surface area contributed by atoms with Crippen LogP contribution < -0.4 is 5.32 Å². The van der Waals surface area contributed by atoms with E-state index in [1.807, 2.05) is 0 Å². The lowest BCUT2D eigenvalue weighted by molar-refractivity contribution is 0.102. The minimum absolute atomic E-state index is 0.117. The van der Waals surface area contributed by atoms with Gasteiger partial charge in [-0.1, -0.05) is 0 Å². The molecule has 0 aliphatic rings. The zero-order valence-electron chi connectivity index (χ0n) is 9.68. The third kappa shape index (κ3) is 2.98. The van der Waals surface area contributed by atoms with Crippen molar-refractivity contribution in [2.45, 2.75) is 0 Å². The predicted molar refractivity (Wildman–Crippen MR) is 68.4 cm³/mol. The second-order valence-electron chi connectivity index (χ2n) is 3.84. The first-order valence-corrected chi connectivity index (χ1v) is 6.08. The van der Waals surface area contributed by atoms with Gasteiger partial charge in [0.15, 0.2) is 17.5 Å². The molecule has 7 heteroatoms. The molecule has 20 heavy (non-hydrogen) atoms. The van der Waals surface area contributed by atoms with Crippen molar-refractivity contribution in [2.75, 3.05) is 5.32 Å². The number of benzene rings is 2. The van der Waals surface area contributed by atoms with E-state index in [0.29, 0.717) is 12.1 Å². The maximum atomic E-state index is 13.0. The number of anilines is 1. The predicted octanol–water partition coefficient (Wildman–Crippen LogP) is 4.26. The van der Waals surface area contributed by atoms with Gasteiger partial charge < -0.3 is 5.32 Å². The average Bonchev–Trinajstić information content (AvgIpc) is 2.39. The quantitative estimate of drug-likeness (QED) is 0.638. The number of nitrogens with one attached hydrogen (secondary N) is 1. The molecule has 2 nitrogen and oxygen atoms in total. The molecule has 0 aromatic heterocycles. The molecule has 0 saturated carbocycles. The van der Waals surface area contributed by atoms with Gasteiger partial charge in [-0.15, -0.1) is 0 Å². The number of hydrogen-bond donors (Lipinski definition) is 1. The van der Waals surface area contributed by atoms with E-state index in [4.69, 9.17) is 0 Å². The number of amides is 1. The van der Waals surface area contributed by atoms with Crippen molar-refractivity contribution in [1.82, 2.24) is 0 Å². The van der Waals surface area contributed by atoms with Crippen molar-refractivity contribution in [3.8, 4) is 0 Å². The van der Waals surface area contributed by atoms with Crippen molar-refractivity contribution < 1.29 is 22.4 Å². The smallest absolute Gasteiger partial charge is 0.255 e. The Morgan fingerprint density at radius 1 is 0.950 bits per heavy atom. The summed E-state index contributed by atoms with van der Waals surface area (Å²) < 4.78 is 51.9. The Hall–Kier alpha value is -1.89. The average molecular weight is 348 g/mol. The highest BCUT2D eigenvalue weighted by atomic mass is 79.9. The van der Waals surface area contributed by atoms with Crippen LogP contribution in [0.5, 0.6) is 0 Å². The maximum absolute atomic E-state index is 13.0. The molecule has 0 bridgehead atoms. The van der Waals surface area contributed by atoms with E-state index in [9.17, 15) is 22.4 Å². The van der Waals surface area contributed by atoms with E-state index in [1.165, 1.54) is 12.1 Å². The van der Waals surface area contributed by atoms with Gasteiger partial charge in [-0.25, -0.2) is 17.6 Å². The van der Waals surface area contributed by atoms with Crippen LogP contribution >= 0.6 is 15.9 Å². The second kappa shape index (κ2) is 5.62. The topological polar surface area (TPSA) is 29.1 Å². The molecule has 0 atom stereocenters. The molecule has 0 saturated heterocycles. The van der Waals surface area contributed by atoms with E-state index in [1.54, 1.807) is 0 Å². The van der Waals surface area contributed by atoms with E-state index < -0.39 is 29.2 Å². The lowest BCUT2D eigenvalue weighted by Gasteiger charge is -2.07. The molecule has 0 radical (unpaired) electrons. The van der Waals surface area contributed by atoms with Gasteiger partial charge in [-0.3, -0.25) is 4.79 Å². The summed E-state index contributed by atoms with van der Waals surface area (Å²) in [5.41, 5.74) is -0.171. The van der Waals surface area contributed by atoms with Crippen LogP contribution in [0, 0.1) is 23.3 Å². The first-order chi connectivity index (χ1) is 9.38. The molecule has 2 rings (SSSR count). The highest BCUT2D eigenvalue weighted by Gasteiger charge is 2.15. The van der Waals surface area contributed by atoms with Crippen LogP contribution in [0.1, 0.15) is 10.4 Å². The van der Waals surface area contributed by atoms with Gasteiger partial charge in [0.1, 0.15) is 5.82 Å². The summed E-state index contributed by atoms with van der Waals surface area (Å²) >= 11 is 2.93. The van der Waals surface area contributed by atoms with E-state index in [0.717, 1.165) is 6.07 Å². The van der Waals surface area contributed by atoms with Gasteiger partial charge in [0.2, 0.25) is 0 Å². The van der Waals surface area contributed by atoms with Gasteiger partial charge in [0.05, 0.1) is 4.47 Å². The van der Waals surface area contributed by atoms with E-state index in [-0.39, 0.29) is 15.7 Å². The minimum Gasteiger partial charge on any atom is -0.322 e. The first kappa shape index (κ1) is 14.5. The van der Waals surface area contributed by atoms with Crippen molar-refractivity contribution in [3.63, 3.8) is 0 Å². The summed E-state index contributed by atoms with van der Waals surface area (Å²) in [4.78, 5) is 11.8. The molecular weight excluding hydrogens is 342 g/mol. The molecular formula is C13H6BrF4NO. The molecule has 1 amide bonds. The second-order valence-corrected chi connectivity index (χ2v) is 4.69. The van der Waals surface area contributed by atoms with Crippen LogP contribution in [0.15, 0.2) is 34.8 Å². The van der Waals surface area contributed by atoms with Crippen LogP contribution in [0.3, 0.4) is 0 Å². The normalized spacial score (nSPS) is 10.4. The van der Waals surface area contributed by atoms with E-state index >= 15 is 0 Å². The molecule has 0 aliphatic carbocycles. The van der Waals surface area contributed by atoms with Gasteiger partial charge in [-0.05, 0) is 46.3 Å². The van der Waals surface area contributed by atoms with Crippen LogP contribution in [-0.4, -0.2) is 5.91 Å². The summed E-state index contributed by atoms with van der Waals surface area (Å²) in [6.45, 7) is 0. The maximum Gasteiger partial charge on any atom is 0.255 e. The zero-order chi connectivity index (χ0) is 14.9. The highest BCUT2D eigenvalue weighted by Crippen LogP contribution is 2.21. The fraction of sp³-hybridized carbons (Fsp3) is 0. The molecule has 0 unspecified atom stereocenters. The molecule has 0 spiro atoms. The summed E-state index contributed by atoms with van der Waals surface area (Å²) in [7, 11) is 0. The number of hydrogen-bond acceptors (Lipinski definition) is 1. The monoisotopic (exact) mass is 347 g/mol. The molecule has 0 heterocycles. The Kier molecular flexibility index (Phi) is 4.08.